The van der Waals surface area contributed by atoms with E-state index in [1.54, 1.807) is 6.07 Å². The van der Waals surface area contributed by atoms with E-state index < -0.39 is 46.1 Å². The highest BCUT2D eigenvalue weighted by Crippen LogP contribution is 2.32. The second-order valence-electron chi connectivity index (χ2n) is 9.93. The number of hydrogen-bond acceptors (Lipinski definition) is 6. The molecule has 1 N–H and O–H groups in total. The third kappa shape index (κ3) is 7.75. The van der Waals surface area contributed by atoms with E-state index in [9.17, 15) is 26.8 Å². The minimum Gasteiger partial charge on any atom is -0.493 e. The molecule has 12 heteroatoms. The fourth-order valence-corrected chi connectivity index (χ4v) is 5.52. The molecule has 226 valence electrons. The summed E-state index contributed by atoms with van der Waals surface area (Å²) < 4.78 is 67.6. The molecule has 3 aromatic carbocycles. The Morgan fingerprint density at radius 2 is 1.55 bits per heavy atom. The highest BCUT2D eigenvalue weighted by Gasteiger charge is 2.33. The maximum Gasteiger partial charge on any atom is 0.264 e. The fraction of sp³-hybridized carbons (Fsp3) is 0.333. The van der Waals surface area contributed by atoms with Gasteiger partial charge < -0.3 is 19.7 Å². The van der Waals surface area contributed by atoms with Gasteiger partial charge in [0.15, 0.2) is 11.5 Å². The van der Waals surface area contributed by atoms with E-state index in [0.29, 0.717) is 6.54 Å². The second kappa shape index (κ2) is 14.1. The van der Waals surface area contributed by atoms with Crippen LogP contribution in [0.2, 0.25) is 0 Å². The van der Waals surface area contributed by atoms with Gasteiger partial charge in [-0.05, 0) is 55.3 Å². The Hall–Kier alpha value is -4.19. The lowest BCUT2D eigenvalue weighted by Gasteiger charge is -2.32. The molecule has 3 aromatic rings. The van der Waals surface area contributed by atoms with Crippen LogP contribution in [0.4, 0.5) is 14.5 Å². The molecule has 3 rings (SSSR count). The number of ether oxygens (including phenoxy) is 2. The number of carbonyl (C=O) groups excluding carboxylic acids is 2. The molecular formula is C30H35F2N3O6S. The van der Waals surface area contributed by atoms with Crippen LogP contribution in [0, 0.1) is 17.6 Å². The summed E-state index contributed by atoms with van der Waals surface area (Å²) in [5, 5.41) is 2.76. The topological polar surface area (TPSA) is 105 Å². The molecule has 1 atom stereocenters. The number of sulfonamides is 1. The van der Waals surface area contributed by atoms with Gasteiger partial charge >= 0.3 is 0 Å². The maximum absolute atomic E-state index is 14.6. The molecule has 0 saturated heterocycles. The molecule has 0 spiro atoms. The van der Waals surface area contributed by atoms with Crippen molar-refractivity contribution < 1.29 is 36.3 Å². The van der Waals surface area contributed by atoms with Gasteiger partial charge in [0.05, 0.1) is 24.8 Å². The van der Waals surface area contributed by atoms with Crippen LogP contribution in [0.25, 0.3) is 0 Å². The maximum atomic E-state index is 14.6. The molecule has 0 radical (unpaired) electrons. The van der Waals surface area contributed by atoms with E-state index in [-0.39, 0.29) is 40.1 Å². The number of hydrogen-bond donors (Lipinski definition) is 1. The summed E-state index contributed by atoms with van der Waals surface area (Å²) >= 11 is 0. The van der Waals surface area contributed by atoms with Crippen LogP contribution >= 0.6 is 0 Å². The van der Waals surface area contributed by atoms with E-state index in [4.69, 9.17) is 9.47 Å². The predicted molar refractivity (Wildman–Crippen MR) is 155 cm³/mol. The number of nitrogens with zero attached hydrogens (tertiary/aromatic N) is 2. The van der Waals surface area contributed by atoms with E-state index in [2.05, 4.69) is 5.32 Å². The molecule has 0 aliphatic rings. The van der Waals surface area contributed by atoms with Crippen LogP contribution in [-0.4, -0.2) is 58.5 Å². The summed E-state index contributed by atoms with van der Waals surface area (Å²) in [4.78, 5) is 27.8. The molecule has 2 amide bonds. The monoisotopic (exact) mass is 603 g/mol. The summed E-state index contributed by atoms with van der Waals surface area (Å²) in [5.41, 5.74) is 0.146. The van der Waals surface area contributed by atoms with Crippen molar-refractivity contribution in [3.05, 3.63) is 83.9 Å². The lowest BCUT2D eigenvalue weighted by Crippen LogP contribution is -2.51. The van der Waals surface area contributed by atoms with Gasteiger partial charge in [-0.2, -0.15) is 0 Å². The molecular weight excluding hydrogens is 568 g/mol. The number of methoxy groups -OCH3 is 2. The summed E-state index contributed by atoms with van der Waals surface area (Å²) in [7, 11) is -1.70. The van der Waals surface area contributed by atoms with Crippen molar-refractivity contribution >= 4 is 27.5 Å². The van der Waals surface area contributed by atoms with Crippen molar-refractivity contribution in [2.75, 3.05) is 31.6 Å². The lowest BCUT2D eigenvalue weighted by molar-refractivity contribution is -0.139. The number of amides is 2. The Balaban J connectivity index is 2.06. The zero-order valence-electron chi connectivity index (χ0n) is 24.1. The molecule has 0 aliphatic carbocycles. The van der Waals surface area contributed by atoms with E-state index in [1.165, 1.54) is 69.7 Å². The average Bonchev–Trinajstić information content (AvgIpc) is 2.97. The SMILES string of the molecule is COc1ccc(S(=O)(=O)N(CC(=O)N(Cc2ccccc2F)[C@@H](C)C(=O)NCC(C)C)c2ccc(F)cc2)cc1OC. The van der Waals surface area contributed by atoms with Gasteiger partial charge in [0.1, 0.15) is 24.2 Å². The van der Waals surface area contributed by atoms with E-state index in [0.717, 1.165) is 21.3 Å². The summed E-state index contributed by atoms with van der Waals surface area (Å²) in [6.07, 6.45) is 0. The minimum atomic E-state index is -4.45. The van der Waals surface area contributed by atoms with Crippen molar-refractivity contribution in [1.29, 1.82) is 0 Å². The molecule has 0 aromatic heterocycles. The first-order chi connectivity index (χ1) is 19.9. The van der Waals surface area contributed by atoms with Crippen LogP contribution in [0.1, 0.15) is 26.3 Å². The molecule has 0 heterocycles. The first kappa shape index (κ1) is 32.3. The van der Waals surface area contributed by atoms with Crippen LogP contribution in [-0.2, 0) is 26.2 Å². The summed E-state index contributed by atoms with van der Waals surface area (Å²) in [6, 6.07) is 13.2. The van der Waals surface area contributed by atoms with Gasteiger partial charge in [0.2, 0.25) is 11.8 Å². The van der Waals surface area contributed by atoms with Gasteiger partial charge in [-0.25, -0.2) is 17.2 Å². The quantitative estimate of drug-likeness (QED) is 0.311. The largest absolute Gasteiger partial charge is 0.493 e. The zero-order valence-corrected chi connectivity index (χ0v) is 25.0. The van der Waals surface area contributed by atoms with Gasteiger partial charge in [0, 0.05) is 24.7 Å². The van der Waals surface area contributed by atoms with Gasteiger partial charge in [-0.3, -0.25) is 13.9 Å². The standard InChI is InChI=1S/C30H35F2N3O6S/c1-20(2)17-33-30(37)21(3)34(18-22-8-6-7-9-26(22)32)29(36)19-35(24-12-10-23(31)11-13-24)42(38,39)25-14-15-27(40-4)28(16-25)41-5/h6-16,20-21H,17-19H2,1-5H3,(H,33,37)/t21-/m0/s1. The highest BCUT2D eigenvalue weighted by molar-refractivity contribution is 7.92. The summed E-state index contributed by atoms with van der Waals surface area (Å²) in [5.74, 6) is -1.89. The Labute approximate surface area is 245 Å². The Morgan fingerprint density at radius 3 is 2.14 bits per heavy atom. The molecule has 9 nitrogen and oxygen atoms in total. The van der Waals surface area contributed by atoms with Crippen molar-refractivity contribution in [2.24, 2.45) is 5.92 Å². The second-order valence-corrected chi connectivity index (χ2v) is 11.8. The van der Waals surface area contributed by atoms with Crippen LogP contribution in [0.5, 0.6) is 11.5 Å². The van der Waals surface area contributed by atoms with Crippen LogP contribution in [0.3, 0.4) is 0 Å². The molecule has 0 aliphatic heterocycles. The van der Waals surface area contributed by atoms with Crippen LogP contribution in [0.15, 0.2) is 71.6 Å². The lowest BCUT2D eigenvalue weighted by atomic mass is 10.1. The predicted octanol–water partition coefficient (Wildman–Crippen LogP) is 4.37. The Morgan fingerprint density at radius 1 is 0.905 bits per heavy atom. The number of benzene rings is 3. The number of nitrogens with one attached hydrogen (secondary N) is 1. The fourth-order valence-electron chi connectivity index (χ4n) is 4.09. The molecule has 0 saturated carbocycles. The van der Waals surface area contributed by atoms with Gasteiger partial charge in [-0.1, -0.05) is 32.0 Å². The number of carbonyl (C=O) groups is 2. The highest BCUT2D eigenvalue weighted by atomic mass is 32.2. The Bertz CT molecular complexity index is 1500. The van der Waals surface area contributed by atoms with Crippen LogP contribution < -0.4 is 19.1 Å². The van der Waals surface area contributed by atoms with Gasteiger partial charge in [0.25, 0.3) is 10.0 Å². The van der Waals surface area contributed by atoms with Crippen molar-refractivity contribution in [3.8, 4) is 11.5 Å². The number of rotatable bonds is 13. The Kier molecular flexibility index (Phi) is 10.9. The van der Waals surface area contributed by atoms with Gasteiger partial charge in [-0.15, -0.1) is 0 Å². The number of halogens is 2. The number of anilines is 1. The van der Waals surface area contributed by atoms with Crippen molar-refractivity contribution in [3.63, 3.8) is 0 Å². The van der Waals surface area contributed by atoms with Crippen molar-refractivity contribution in [1.82, 2.24) is 10.2 Å². The third-order valence-corrected chi connectivity index (χ3v) is 8.26. The smallest absolute Gasteiger partial charge is 0.264 e. The molecule has 42 heavy (non-hydrogen) atoms. The van der Waals surface area contributed by atoms with E-state index in [1.807, 2.05) is 13.8 Å². The zero-order chi connectivity index (χ0) is 31.0. The first-order valence-electron chi connectivity index (χ1n) is 13.2. The molecule has 0 fully saturated rings. The average molecular weight is 604 g/mol. The molecule has 0 unspecified atom stereocenters. The first-order valence-corrected chi connectivity index (χ1v) is 14.6. The molecule has 0 bridgehead atoms. The third-order valence-electron chi connectivity index (χ3n) is 6.49. The van der Waals surface area contributed by atoms with Crippen molar-refractivity contribution in [2.45, 2.75) is 38.3 Å². The normalized spacial score (nSPS) is 12.0. The minimum absolute atomic E-state index is 0.00212. The summed E-state index contributed by atoms with van der Waals surface area (Å²) in [6.45, 7) is 4.59. The van der Waals surface area contributed by atoms with E-state index >= 15 is 0 Å².